The quantitative estimate of drug-likeness (QED) is 0.523. The van der Waals surface area contributed by atoms with Gasteiger partial charge >= 0.3 is 0 Å². The molecule has 4 rings (SSSR count). The second-order valence-electron chi connectivity index (χ2n) is 6.72. The number of nitrogens with zero attached hydrogens (tertiary/aromatic N) is 1. The molecule has 1 N–H and O–H groups in total. The first-order valence-corrected chi connectivity index (χ1v) is 11.1. The molecule has 0 radical (unpaired) electrons. The molecule has 0 atom stereocenters. The van der Waals surface area contributed by atoms with Gasteiger partial charge < -0.3 is 23.9 Å². The molecule has 31 heavy (non-hydrogen) atoms. The van der Waals surface area contributed by atoms with Crippen molar-refractivity contribution in [2.45, 2.75) is 16.3 Å². The molecule has 0 fully saturated rings. The molecule has 1 aliphatic heterocycles. The molecule has 0 unspecified atom stereocenters. The smallest absolute Gasteiger partial charge is 0.233 e. The minimum absolute atomic E-state index is 0.0370. The van der Waals surface area contributed by atoms with Gasteiger partial charge in [0.1, 0.15) is 19.0 Å². The molecule has 10 heteroatoms. The van der Waals surface area contributed by atoms with Gasteiger partial charge in [0, 0.05) is 26.3 Å². The number of benzene rings is 2. The first-order valence-electron chi connectivity index (χ1n) is 9.64. The summed E-state index contributed by atoms with van der Waals surface area (Å²) in [6.45, 7) is 1.57. The fourth-order valence-corrected chi connectivity index (χ4v) is 4.36. The Morgan fingerprint density at radius 2 is 1.90 bits per heavy atom. The highest BCUT2D eigenvalue weighted by atomic mass is 32.2. The third kappa shape index (κ3) is 4.35. The number of ether oxygens (including phenoxy) is 3. The van der Waals surface area contributed by atoms with E-state index in [-0.39, 0.29) is 27.3 Å². The van der Waals surface area contributed by atoms with Gasteiger partial charge in [0.25, 0.3) is 0 Å². The average Bonchev–Trinajstić information content (AvgIpc) is 3.21. The second kappa shape index (κ2) is 8.94. The van der Waals surface area contributed by atoms with Crippen molar-refractivity contribution >= 4 is 15.7 Å². The van der Waals surface area contributed by atoms with Gasteiger partial charge in [-0.1, -0.05) is 12.1 Å². The van der Waals surface area contributed by atoms with Crippen LogP contribution in [0.4, 0.5) is 10.3 Å². The van der Waals surface area contributed by atoms with Crippen LogP contribution in [0.3, 0.4) is 0 Å². The van der Waals surface area contributed by atoms with Crippen molar-refractivity contribution in [3.8, 4) is 23.0 Å². The van der Waals surface area contributed by atoms with Crippen LogP contribution in [0.5, 0.6) is 11.5 Å². The van der Waals surface area contributed by atoms with Crippen LogP contribution >= 0.6 is 0 Å². The number of nitrogens with one attached hydrogen (secondary N) is 1. The Morgan fingerprint density at radius 1 is 1.13 bits per heavy atom. The van der Waals surface area contributed by atoms with Gasteiger partial charge in [0.2, 0.25) is 26.6 Å². The summed E-state index contributed by atoms with van der Waals surface area (Å²) >= 11 is 0. The molecular weight excluding hydrogens is 427 g/mol. The average molecular weight is 448 g/mol. The van der Waals surface area contributed by atoms with E-state index in [9.17, 15) is 12.8 Å². The molecule has 0 spiro atoms. The minimum atomic E-state index is -4.10. The van der Waals surface area contributed by atoms with Crippen molar-refractivity contribution in [3.63, 3.8) is 0 Å². The van der Waals surface area contributed by atoms with Gasteiger partial charge in [-0.2, -0.15) is 4.98 Å². The summed E-state index contributed by atoms with van der Waals surface area (Å²) < 4.78 is 62.6. The maximum absolute atomic E-state index is 14.3. The van der Waals surface area contributed by atoms with Gasteiger partial charge in [-0.15, -0.1) is 0 Å². The largest absolute Gasteiger partial charge is 0.486 e. The van der Waals surface area contributed by atoms with Crippen molar-refractivity contribution in [2.24, 2.45) is 0 Å². The number of aromatic nitrogens is 1. The Labute approximate surface area is 178 Å². The van der Waals surface area contributed by atoms with Gasteiger partial charge in [-0.25, -0.2) is 12.8 Å². The van der Waals surface area contributed by atoms with Crippen LogP contribution < -0.4 is 14.8 Å². The number of halogens is 1. The molecule has 0 saturated carbocycles. The lowest BCUT2D eigenvalue weighted by atomic mass is 10.2. The summed E-state index contributed by atoms with van der Waals surface area (Å²) in [5.74, 6) is 0.0285. The SMILES string of the molecule is COCCCNc1oc(-c2ccccc2F)nc1S(=O)(=O)c1ccc2c(c1)OCCO2. The van der Waals surface area contributed by atoms with Crippen molar-refractivity contribution in [2.75, 3.05) is 38.8 Å². The highest BCUT2D eigenvalue weighted by Crippen LogP contribution is 2.37. The number of anilines is 1. The topological polar surface area (TPSA) is 99.9 Å². The van der Waals surface area contributed by atoms with E-state index in [0.717, 1.165) is 0 Å². The summed E-state index contributed by atoms with van der Waals surface area (Å²) in [7, 11) is -2.53. The number of fused-ring (bicyclic) bond motifs is 1. The molecule has 1 aliphatic rings. The molecular formula is C21H21FN2O6S. The highest BCUT2D eigenvalue weighted by Gasteiger charge is 2.30. The van der Waals surface area contributed by atoms with E-state index in [1.54, 1.807) is 13.2 Å². The summed E-state index contributed by atoms with van der Waals surface area (Å²) in [5, 5.41) is 2.60. The number of hydrogen-bond donors (Lipinski definition) is 1. The lowest BCUT2D eigenvalue weighted by Gasteiger charge is -2.18. The molecule has 1 aromatic heterocycles. The maximum Gasteiger partial charge on any atom is 0.233 e. The molecule has 164 valence electrons. The minimum Gasteiger partial charge on any atom is -0.486 e. The third-order valence-electron chi connectivity index (χ3n) is 4.59. The van der Waals surface area contributed by atoms with Crippen LogP contribution in [0.1, 0.15) is 6.42 Å². The summed E-state index contributed by atoms with van der Waals surface area (Å²) in [5.41, 5.74) is 0.0612. The molecule has 3 aromatic rings. The van der Waals surface area contributed by atoms with E-state index in [4.69, 9.17) is 18.6 Å². The molecule has 8 nitrogen and oxygen atoms in total. The molecule has 0 bridgehead atoms. The van der Waals surface area contributed by atoms with Gasteiger partial charge in [0.05, 0.1) is 10.5 Å². The van der Waals surface area contributed by atoms with Gasteiger partial charge in [0.15, 0.2) is 11.5 Å². The molecule has 2 aromatic carbocycles. The van der Waals surface area contributed by atoms with Crippen LogP contribution in [-0.4, -0.2) is 46.9 Å². The number of rotatable bonds is 8. The van der Waals surface area contributed by atoms with Crippen LogP contribution in [0.2, 0.25) is 0 Å². The predicted molar refractivity (Wildman–Crippen MR) is 110 cm³/mol. The zero-order valence-electron chi connectivity index (χ0n) is 16.8. The first kappa shape index (κ1) is 21.1. The van der Waals surface area contributed by atoms with Crippen molar-refractivity contribution in [3.05, 3.63) is 48.3 Å². The maximum atomic E-state index is 14.3. The van der Waals surface area contributed by atoms with E-state index in [2.05, 4.69) is 10.3 Å². The van der Waals surface area contributed by atoms with Crippen molar-refractivity contribution in [1.82, 2.24) is 4.98 Å². The number of oxazole rings is 1. The normalized spacial score (nSPS) is 13.2. The standard InChI is InChI=1S/C21H21FN2O6S/c1-27-10-4-9-23-20-21(24-19(30-20)15-5-2-3-6-16(15)22)31(25,26)14-7-8-17-18(13-14)29-12-11-28-17/h2-3,5-8,13,23H,4,9-12H2,1H3. The number of methoxy groups -OCH3 is 1. The van der Waals surface area contributed by atoms with E-state index >= 15 is 0 Å². The van der Waals surface area contributed by atoms with E-state index in [0.29, 0.717) is 44.3 Å². The monoisotopic (exact) mass is 448 g/mol. The third-order valence-corrected chi connectivity index (χ3v) is 6.25. The second-order valence-corrected chi connectivity index (χ2v) is 8.58. The predicted octanol–water partition coefficient (Wildman–Crippen LogP) is 3.53. The Morgan fingerprint density at radius 3 is 2.68 bits per heavy atom. The number of sulfone groups is 1. The summed E-state index contributed by atoms with van der Waals surface area (Å²) in [6.07, 6.45) is 0.607. The Kier molecular flexibility index (Phi) is 6.10. The van der Waals surface area contributed by atoms with Crippen molar-refractivity contribution < 1.29 is 31.4 Å². The Hall–Kier alpha value is -3.11. The first-order chi connectivity index (χ1) is 15.0. The summed E-state index contributed by atoms with van der Waals surface area (Å²) in [4.78, 5) is 4.10. The number of hydrogen-bond acceptors (Lipinski definition) is 8. The van der Waals surface area contributed by atoms with Crippen LogP contribution in [0, 0.1) is 5.82 Å². The zero-order chi connectivity index (χ0) is 21.8. The lowest BCUT2D eigenvalue weighted by molar-refractivity contribution is 0.171. The zero-order valence-corrected chi connectivity index (χ0v) is 17.6. The highest BCUT2D eigenvalue weighted by molar-refractivity contribution is 7.91. The van der Waals surface area contributed by atoms with Gasteiger partial charge in [-0.3, -0.25) is 0 Å². The van der Waals surface area contributed by atoms with Crippen LogP contribution in [0.25, 0.3) is 11.5 Å². The molecule has 0 amide bonds. The van der Waals surface area contributed by atoms with Gasteiger partial charge in [-0.05, 0) is 30.7 Å². The Balaban J connectivity index is 1.75. The fourth-order valence-electron chi connectivity index (χ4n) is 3.07. The lowest BCUT2D eigenvalue weighted by Crippen LogP contribution is -2.16. The van der Waals surface area contributed by atoms with Crippen LogP contribution in [-0.2, 0) is 14.6 Å². The van der Waals surface area contributed by atoms with Crippen molar-refractivity contribution in [1.29, 1.82) is 0 Å². The van der Waals surface area contributed by atoms with E-state index in [1.165, 1.54) is 36.4 Å². The Bertz CT molecular complexity index is 1180. The van der Waals surface area contributed by atoms with E-state index in [1.807, 2.05) is 0 Å². The molecule has 2 heterocycles. The summed E-state index contributed by atoms with van der Waals surface area (Å²) in [6, 6.07) is 10.2. The van der Waals surface area contributed by atoms with E-state index < -0.39 is 15.7 Å². The molecule has 0 aliphatic carbocycles. The fraction of sp³-hybridized carbons (Fsp3) is 0.286. The molecule has 0 saturated heterocycles. The van der Waals surface area contributed by atoms with Crippen LogP contribution in [0.15, 0.2) is 56.8 Å².